The number of piperidine rings is 1. The second kappa shape index (κ2) is 11.2. The molecule has 2 aliphatic rings. The minimum absolute atomic E-state index is 0.0505. The van der Waals surface area contributed by atoms with Crippen LogP contribution in [-0.4, -0.2) is 82.9 Å². The van der Waals surface area contributed by atoms with Crippen molar-refractivity contribution in [2.45, 2.75) is 32.3 Å². The van der Waals surface area contributed by atoms with Gasteiger partial charge in [0.25, 0.3) is 0 Å². The van der Waals surface area contributed by atoms with Crippen molar-refractivity contribution in [2.75, 3.05) is 39.3 Å². The molecule has 0 saturated carbocycles. The first kappa shape index (κ1) is 24.6. The third-order valence-electron chi connectivity index (χ3n) is 6.13. The molecular weight excluding hydrogens is 453 g/mol. The zero-order valence-electron chi connectivity index (χ0n) is 18.2. The number of aliphatic hydroxyl groups is 1. The van der Waals surface area contributed by atoms with E-state index in [1.165, 1.54) is 6.08 Å². The van der Waals surface area contributed by atoms with Gasteiger partial charge in [-0.2, -0.15) is 0 Å². The van der Waals surface area contributed by atoms with Crippen LogP contribution in [0.1, 0.15) is 31.7 Å². The molecule has 2 saturated heterocycles. The summed E-state index contributed by atoms with van der Waals surface area (Å²) in [6.45, 7) is 4.42. The summed E-state index contributed by atoms with van der Waals surface area (Å²) in [6, 6.07) is 5.12. The van der Waals surface area contributed by atoms with Crippen LogP contribution in [0.5, 0.6) is 0 Å². The van der Waals surface area contributed by atoms with Crippen LogP contribution in [0.15, 0.2) is 24.3 Å². The summed E-state index contributed by atoms with van der Waals surface area (Å²) in [5.74, 6) is -0.0990. The topological polar surface area (TPSA) is 81.2 Å². The van der Waals surface area contributed by atoms with Gasteiger partial charge in [-0.25, -0.2) is 0 Å². The molecule has 2 heterocycles. The lowest BCUT2D eigenvalue weighted by Gasteiger charge is -2.34. The Kier molecular flexibility index (Phi) is 8.57. The highest BCUT2D eigenvalue weighted by Gasteiger charge is 2.28. The number of rotatable bonds is 5. The number of carbonyl (C=O) groups excluding carboxylic acids is 3. The molecule has 2 fully saturated rings. The smallest absolute Gasteiger partial charge is 0.246 e. The van der Waals surface area contributed by atoms with Crippen molar-refractivity contribution >= 4 is 47.0 Å². The molecule has 174 valence electrons. The largest absolute Gasteiger partial charge is 0.391 e. The summed E-state index contributed by atoms with van der Waals surface area (Å²) in [6.07, 6.45) is 3.86. The molecule has 2 atom stereocenters. The van der Waals surface area contributed by atoms with Crippen LogP contribution in [0.3, 0.4) is 0 Å². The molecule has 3 rings (SSSR count). The number of benzene rings is 1. The molecule has 0 radical (unpaired) electrons. The van der Waals surface area contributed by atoms with E-state index in [4.69, 9.17) is 23.2 Å². The fourth-order valence-electron chi connectivity index (χ4n) is 3.88. The molecule has 0 bridgehead atoms. The van der Waals surface area contributed by atoms with Crippen molar-refractivity contribution in [3.8, 4) is 0 Å². The van der Waals surface area contributed by atoms with Gasteiger partial charge in [-0.15, -0.1) is 0 Å². The molecule has 7 nitrogen and oxygen atoms in total. The van der Waals surface area contributed by atoms with Crippen molar-refractivity contribution in [1.29, 1.82) is 0 Å². The Bertz CT molecular complexity index is 892. The highest BCUT2D eigenvalue weighted by molar-refractivity contribution is 6.42. The third-order valence-corrected chi connectivity index (χ3v) is 6.87. The number of hydrogen-bond acceptors (Lipinski definition) is 4. The fraction of sp³-hybridized carbons (Fsp3) is 0.522. The van der Waals surface area contributed by atoms with Gasteiger partial charge in [-0.3, -0.25) is 14.4 Å². The van der Waals surface area contributed by atoms with E-state index < -0.39 is 6.10 Å². The van der Waals surface area contributed by atoms with Crippen LogP contribution in [0.4, 0.5) is 0 Å². The molecule has 32 heavy (non-hydrogen) atoms. The minimum atomic E-state index is -0.496. The maximum Gasteiger partial charge on any atom is 0.246 e. The number of nitrogens with zero attached hydrogens (tertiary/aromatic N) is 3. The summed E-state index contributed by atoms with van der Waals surface area (Å²) < 4.78 is 0. The number of carbonyl (C=O) groups is 3. The number of likely N-dealkylation sites (tertiary alicyclic amines) is 1. The molecule has 0 aromatic heterocycles. The van der Waals surface area contributed by atoms with E-state index in [9.17, 15) is 19.5 Å². The Morgan fingerprint density at radius 2 is 1.91 bits per heavy atom. The lowest BCUT2D eigenvalue weighted by molar-refractivity contribution is -0.137. The van der Waals surface area contributed by atoms with Crippen LogP contribution >= 0.6 is 23.2 Å². The van der Waals surface area contributed by atoms with Gasteiger partial charge in [0, 0.05) is 58.2 Å². The van der Waals surface area contributed by atoms with E-state index >= 15 is 0 Å². The van der Waals surface area contributed by atoms with Gasteiger partial charge in [0.2, 0.25) is 17.7 Å². The first-order chi connectivity index (χ1) is 15.2. The van der Waals surface area contributed by atoms with Crippen molar-refractivity contribution in [3.63, 3.8) is 0 Å². The molecule has 3 amide bonds. The first-order valence-corrected chi connectivity index (χ1v) is 11.7. The van der Waals surface area contributed by atoms with Crippen LogP contribution in [-0.2, 0) is 14.4 Å². The highest BCUT2D eigenvalue weighted by Crippen LogP contribution is 2.23. The predicted molar refractivity (Wildman–Crippen MR) is 124 cm³/mol. The van der Waals surface area contributed by atoms with Gasteiger partial charge >= 0.3 is 0 Å². The van der Waals surface area contributed by atoms with Gasteiger partial charge in [0.1, 0.15) is 0 Å². The summed E-state index contributed by atoms with van der Waals surface area (Å²) in [7, 11) is 0. The molecule has 1 aromatic rings. The first-order valence-electron chi connectivity index (χ1n) is 10.9. The van der Waals surface area contributed by atoms with Gasteiger partial charge in [-0.05, 0) is 36.1 Å². The Morgan fingerprint density at radius 1 is 1.12 bits per heavy atom. The summed E-state index contributed by atoms with van der Waals surface area (Å²) in [5, 5.41) is 10.9. The quantitative estimate of drug-likeness (QED) is 0.655. The van der Waals surface area contributed by atoms with Crippen LogP contribution in [0, 0.1) is 5.92 Å². The summed E-state index contributed by atoms with van der Waals surface area (Å²) in [4.78, 5) is 42.5. The van der Waals surface area contributed by atoms with Crippen molar-refractivity contribution in [2.24, 2.45) is 5.92 Å². The monoisotopic (exact) mass is 481 g/mol. The van der Waals surface area contributed by atoms with Crippen molar-refractivity contribution < 1.29 is 19.5 Å². The Labute approximate surface area is 198 Å². The minimum Gasteiger partial charge on any atom is -0.391 e. The standard InChI is InChI=1S/C23H29Cl2N3O4/c1-16-6-9-28(15-20(16)29)23(32)8-11-27-13-12-26(10-7-22(27)31)21(30)5-3-17-2-4-18(24)19(25)14-17/h2-5,14,16,20,29H,6-13,15H2,1H3/b5-3+. The number of halogens is 2. The lowest BCUT2D eigenvalue weighted by atomic mass is 9.96. The van der Waals surface area contributed by atoms with E-state index in [2.05, 4.69) is 0 Å². The van der Waals surface area contributed by atoms with Crippen LogP contribution < -0.4 is 0 Å². The molecule has 2 unspecified atom stereocenters. The Balaban J connectivity index is 1.49. The van der Waals surface area contributed by atoms with Gasteiger partial charge in [0.15, 0.2) is 0 Å². The van der Waals surface area contributed by atoms with Crippen LogP contribution in [0.25, 0.3) is 6.08 Å². The SMILES string of the molecule is CC1CCN(C(=O)CCN2CCN(C(=O)/C=C/c3ccc(Cl)c(Cl)c3)CCC2=O)CC1O. The molecule has 9 heteroatoms. The predicted octanol–water partition coefficient (Wildman–Crippen LogP) is 2.69. The maximum atomic E-state index is 12.6. The maximum absolute atomic E-state index is 12.6. The van der Waals surface area contributed by atoms with E-state index in [-0.39, 0.29) is 36.5 Å². The molecular formula is C23H29Cl2N3O4. The Morgan fingerprint density at radius 3 is 2.62 bits per heavy atom. The molecule has 1 N–H and O–H groups in total. The van der Waals surface area contributed by atoms with Crippen molar-refractivity contribution in [1.82, 2.24) is 14.7 Å². The summed E-state index contributed by atoms with van der Waals surface area (Å²) in [5.41, 5.74) is 0.760. The van der Waals surface area contributed by atoms with Crippen molar-refractivity contribution in [3.05, 3.63) is 39.9 Å². The Hall–Kier alpha value is -2.09. The number of aliphatic hydroxyl groups excluding tert-OH is 1. The zero-order chi connectivity index (χ0) is 23.3. The third kappa shape index (κ3) is 6.47. The molecule has 2 aliphatic heterocycles. The van der Waals surface area contributed by atoms with E-state index in [1.54, 1.807) is 39.0 Å². The number of β-amino-alcohol motifs (C(OH)–C–C–N with tert-alkyl or cyclic N) is 1. The molecule has 0 spiro atoms. The average Bonchev–Trinajstić information content (AvgIpc) is 2.96. The average molecular weight is 482 g/mol. The van der Waals surface area contributed by atoms with E-state index in [0.717, 1.165) is 12.0 Å². The van der Waals surface area contributed by atoms with Gasteiger partial charge < -0.3 is 19.8 Å². The fourth-order valence-corrected chi connectivity index (χ4v) is 4.18. The molecule has 0 aliphatic carbocycles. The molecule has 1 aromatic carbocycles. The lowest BCUT2D eigenvalue weighted by Crippen LogP contribution is -2.46. The van der Waals surface area contributed by atoms with E-state index in [1.807, 2.05) is 6.92 Å². The summed E-state index contributed by atoms with van der Waals surface area (Å²) >= 11 is 11.9. The second-order valence-corrected chi connectivity index (χ2v) is 9.20. The number of hydrogen-bond donors (Lipinski definition) is 1. The van der Waals surface area contributed by atoms with Gasteiger partial charge in [0.05, 0.1) is 16.1 Å². The highest BCUT2D eigenvalue weighted by atomic mass is 35.5. The normalized spacial score (nSPS) is 22.4. The van der Waals surface area contributed by atoms with E-state index in [0.29, 0.717) is 49.3 Å². The zero-order valence-corrected chi connectivity index (χ0v) is 19.7. The van der Waals surface area contributed by atoms with Gasteiger partial charge in [-0.1, -0.05) is 36.2 Å². The van der Waals surface area contributed by atoms with Crippen LogP contribution in [0.2, 0.25) is 10.0 Å². The second-order valence-electron chi connectivity index (χ2n) is 8.39. The number of amides is 3.